The first-order valence-corrected chi connectivity index (χ1v) is 48.7. The minimum atomic E-state index is 0.500. The summed E-state index contributed by atoms with van der Waals surface area (Å²) >= 11 is 0. The molecule has 0 amide bonds. The SMILES string of the molecule is CC(C)C.CC(C)C(C)(C)C.CC(C)C(C)C.CC(C)C1CC1.CC(C)C1CCC1.CC(C)C1CCCC1.CC(C)C1CCCCC1.CC(C)CC(C)(C)C.CC(C)CC(C)C.CC(C)CC1CC1.CC(C)CC1CCCC1.CC(C)CC1CCCCC1.CCC(C)C.CCC(C)C(C)C.CCCC(C)C. The Morgan fingerprint density at radius 2 is 0.500 bits per heavy atom. The third kappa shape index (κ3) is 110. The molecule has 0 heteroatoms. The molecule has 0 aromatic carbocycles. The lowest BCUT2D eigenvalue weighted by Gasteiger charge is -2.28. The van der Waals surface area contributed by atoms with E-state index in [-0.39, 0.29) is 0 Å². The molecule has 0 bridgehead atoms. The van der Waals surface area contributed by atoms with E-state index in [9.17, 15) is 0 Å². The van der Waals surface area contributed by atoms with Crippen molar-refractivity contribution in [1.29, 1.82) is 0 Å². The minimum Gasteiger partial charge on any atom is -0.0654 e. The van der Waals surface area contributed by atoms with Crippen LogP contribution >= 0.6 is 0 Å². The van der Waals surface area contributed by atoms with Crippen LogP contribution in [0.4, 0.5) is 0 Å². The molecule has 7 saturated carbocycles. The van der Waals surface area contributed by atoms with Gasteiger partial charge in [0.05, 0.1) is 0 Å². The van der Waals surface area contributed by atoms with E-state index in [1.165, 1.54) is 218 Å². The zero-order chi connectivity index (χ0) is 84.5. The van der Waals surface area contributed by atoms with Gasteiger partial charge in [-0.1, -0.05) is 485 Å². The van der Waals surface area contributed by atoms with E-state index in [1.807, 2.05) is 0 Å². The fourth-order valence-corrected chi connectivity index (χ4v) is 13.5. The largest absolute Gasteiger partial charge is 0.0654 e. The Kier molecular flexibility index (Phi) is 89.0. The van der Waals surface area contributed by atoms with Crippen LogP contribution in [0, 0.1) is 159 Å². The maximum Gasteiger partial charge on any atom is -0.0360 e. The maximum absolute atomic E-state index is 2.36. The molecule has 0 saturated heterocycles. The van der Waals surface area contributed by atoms with Crippen molar-refractivity contribution in [3.8, 4) is 0 Å². The summed E-state index contributed by atoms with van der Waals surface area (Å²) in [5, 5.41) is 0. The summed E-state index contributed by atoms with van der Waals surface area (Å²) in [6, 6.07) is 0. The first-order valence-electron chi connectivity index (χ1n) is 48.7. The molecule has 0 aliphatic heterocycles. The second-order valence-corrected chi connectivity index (χ2v) is 45.0. The Bertz CT molecular complexity index is 1540. The topological polar surface area (TPSA) is 0 Å². The lowest BCUT2D eigenvalue weighted by Crippen LogP contribution is -2.16. The molecule has 7 rings (SSSR count). The highest BCUT2D eigenvalue weighted by atomic mass is 14.3. The van der Waals surface area contributed by atoms with Crippen LogP contribution in [-0.4, -0.2) is 0 Å². The van der Waals surface area contributed by atoms with Gasteiger partial charge in [0.15, 0.2) is 0 Å². The number of rotatable bonds is 19. The van der Waals surface area contributed by atoms with Crippen molar-refractivity contribution in [2.24, 2.45) is 159 Å². The fraction of sp³-hybridized carbons (Fsp3) is 1.00. The lowest BCUT2D eigenvalue weighted by atomic mass is 9.78. The van der Waals surface area contributed by atoms with Crippen molar-refractivity contribution >= 4 is 0 Å². The van der Waals surface area contributed by atoms with Crippen molar-refractivity contribution in [3.05, 3.63) is 0 Å². The Balaban J connectivity index is -0.000000163. The average Bonchev–Trinajstić information content (AvgIpc) is 1.22. The van der Waals surface area contributed by atoms with Gasteiger partial charge in [0.1, 0.15) is 0 Å². The van der Waals surface area contributed by atoms with E-state index in [0.29, 0.717) is 10.8 Å². The summed E-state index contributed by atoms with van der Waals surface area (Å²) in [6.45, 7) is 102. The minimum absolute atomic E-state index is 0.500. The van der Waals surface area contributed by atoms with Crippen molar-refractivity contribution in [1.82, 2.24) is 0 Å². The van der Waals surface area contributed by atoms with Gasteiger partial charge in [-0.25, -0.2) is 0 Å². The normalized spacial score (nSPS) is 17.3. The molecule has 7 aliphatic rings. The summed E-state index contributed by atoms with van der Waals surface area (Å²) in [7, 11) is 0. The molecule has 1 atom stereocenters. The van der Waals surface area contributed by atoms with E-state index in [0.717, 1.165) is 148 Å². The molecule has 0 N–H and O–H groups in total. The Morgan fingerprint density at radius 1 is 0.255 bits per heavy atom. The van der Waals surface area contributed by atoms with Gasteiger partial charge in [-0.2, -0.15) is 0 Å². The van der Waals surface area contributed by atoms with Crippen LogP contribution < -0.4 is 0 Å². The fourth-order valence-electron chi connectivity index (χ4n) is 13.5. The first-order chi connectivity index (χ1) is 48.7. The van der Waals surface area contributed by atoms with Gasteiger partial charge in [0.2, 0.25) is 0 Å². The highest BCUT2D eigenvalue weighted by Crippen LogP contribution is 2.37. The van der Waals surface area contributed by atoms with Gasteiger partial charge in [-0.05, 0) is 204 Å². The monoisotopic (exact) mass is 1500 g/mol. The summed E-state index contributed by atoms with van der Waals surface area (Å²) in [4.78, 5) is 0. The van der Waals surface area contributed by atoms with Gasteiger partial charge >= 0.3 is 0 Å². The molecule has 0 aromatic rings. The lowest BCUT2D eigenvalue weighted by molar-refractivity contribution is 0.235. The number of hydrogen-bond donors (Lipinski definition) is 0. The van der Waals surface area contributed by atoms with E-state index in [4.69, 9.17) is 0 Å². The van der Waals surface area contributed by atoms with Crippen LogP contribution in [0.2, 0.25) is 0 Å². The molecule has 0 nitrogen and oxygen atoms in total. The van der Waals surface area contributed by atoms with Crippen LogP contribution in [-0.2, 0) is 0 Å². The quantitative estimate of drug-likeness (QED) is 0.121. The zero-order valence-electron chi connectivity index (χ0n) is 84.5. The van der Waals surface area contributed by atoms with Gasteiger partial charge in [-0.3, -0.25) is 0 Å². The molecule has 7 aliphatic carbocycles. The van der Waals surface area contributed by atoms with Crippen LogP contribution in [0.25, 0.3) is 0 Å². The van der Waals surface area contributed by atoms with Gasteiger partial charge in [0.25, 0.3) is 0 Å². The molecular weight excluding hydrogens is 1270 g/mol. The Hall–Kier alpha value is 0. The molecule has 106 heavy (non-hydrogen) atoms. The predicted molar refractivity (Wildman–Crippen MR) is 504 cm³/mol. The molecule has 0 spiro atoms. The van der Waals surface area contributed by atoms with E-state index < -0.39 is 0 Å². The van der Waals surface area contributed by atoms with E-state index in [2.05, 4.69) is 312 Å². The van der Waals surface area contributed by atoms with Gasteiger partial charge < -0.3 is 0 Å². The van der Waals surface area contributed by atoms with Crippen LogP contribution in [0.15, 0.2) is 0 Å². The molecule has 7 fully saturated rings. The van der Waals surface area contributed by atoms with Crippen molar-refractivity contribution < 1.29 is 0 Å². The maximum atomic E-state index is 2.36. The Morgan fingerprint density at radius 3 is 0.594 bits per heavy atom. The summed E-state index contributed by atoms with van der Waals surface area (Å²) in [5.74, 6) is 23.6. The smallest absolute Gasteiger partial charge is 0.0360 e. The molecule has 0 heterocycles. The molecule has 1 unspecified atom stereocenters. The van der Waals surface area contributed by atoms with Crippen molar-refractivity contribution in [2.45, 2.75) is 530 Å². The summed E-state index contributed by atoms with van der Waals surface area (Å²) < 4.78 is 0. The highest BCUT2D eigenvalue weighted by molar-refractivity contribution is 4.76. The Labute approximate surface area is 684 Å². The summed E-state index contributed by atoms with van der Waals surface area (Å²) in [6.07, 6.45) is 49.9. The van der Waals surface area contributed by atoms with Crippen LogP contribution in [0.1, 0.15) is 530 Å². The third-order valence-corrected chi connectivity index (χ3v) is 23.4. The standard InChI is InChI=1S/C10H20.2C9H18.C8H16.C8H18.2C7H14.3C7H16.C6H12.2C6H14.C5H12.C4H10/c1-9(2)8-10-6-4-3-5-7-10;1-8(2)7-9-5-3-4-6-9;1-8(2)9-6-4-3-5-7-9;1-7(2)8-5-3-4-6-8;1-7(2)6-8(3,4)5;1-6(2)5-7-3-4-7;1-6(2)7-4-3-5-7;1-6(2)7(3,4)5;1-6(2)5-7(3)4;1-5-7(4)6(2)3;1-5(2)6-3-4-6;1-5(2)6(3)4;1-4-5-6(2)3;1-4-5(2)3;1-4(2)3/h9-10H,3-8H2,1-2H3;2*8-9H,3-7H2,1-2H3;7-8H,3-6H2,1-2H3;7H,6H2,1-5H3;2*6-7H,3-5H2,1-2H3;6H,1-5H3;2*6-7H,5H2,1-4H3;5-6H,3-4H2,1-2H3;5-6H,1-4H3;6H,4-5H2,1-3H3;5H,4H2,1-3H3;4H,1-3H3. The third-order valence-electron chi connectivity index (χ3n) is 23.4. The molecule has 652 valence electrons. The van der Waals surface area contributed by atoms with Crippen molar-refractivity contribution in [2.75, 3.05) is 0 Å². The highest BCUT2D eigenvalue weighted by Gasteiger charge is 2.25. The van der Waals surface area contributed by atoms with Crippen LogP contribution in [0.3, 0.4) is 0 Å². The predicted octanol–water partition coefficient (Wildman–Crippen LogP) is 39.4. The van der Waals surface area contributed by atoms with Gasteiger partial charge in [-0.15, -0.1) is 0 Å². The summed E-state index contributed by atoms with van der Waals surface area (Å²) in [5.41, 5.74) is 1.02. The number of hydrogen-bond acceptors (Lipinski definition) is 0. The second-order valence-electron chi connectivity index (χ2n) is 45.0. The van der Waals surface area contributed by atoms with E-state index in [1.54, 1.807) is 0 Å². The molecule has 0 aromatic heterocycles. The average molecular weight is 1500 g/mol. The first kappa shape index (κ1) is 122. The van der Waals surface area contributed by atoms with Crippen LogP contribution in [0.5, 0.6) is 0 Å². The van der Waals surface area contributed by atoms with E-state index >= 15 is 0 Å². The van der Waals surface area contributed by atoms with Crippen molar-refractivity contribution in [3.63, 3.8) is 0 Å². The molecule has 0 radical (unpaired) electrons. The second kappa shape index (κ2) is 77.6. The molecular formula is C106H228. The van der Waals surface area contributed by atoms with Gasteiger partial charge in [0, 0.05) is 0 Å². The zero-order valence-corrected chi connectivity index (χ0v) is 84.5.